The maximum atomic E-state index is 11.4. The summed E-state index contributed by atoms with van der Waals surface area (Å²) in [5, 5.41) is 0. The number of nitrogens with zero attached hydrogens (tertiary/aromatic N) is 1. The molecule has 0 radical (unpaired) electrons. The Labute approximate surface area is 183 Å². The van der Waals surface area contributed by atoms with Gasteiger partial charge in [0, 0.05) is 12.5 Å². The zero-order valence-electron chi connectivity index (χ0n) is 16.9. The molecule has 3 aromatic carbocycles. The third-order valence-corrected chi connectivity index (χ3v) is 4.97. The predicted octanol–water partition coefficient (Wildman–Crippen LogP) is 6.06. The molecule has 1 unspecified atom stereocenters. The van der Waals surface area contributed by atoms with Crippen LogP contribution in [0.3, 0.4) is 0 Å². The quantitative estimate of drug-likeness (QED) is 0.325. The topological polar surface area (TPSA) is 64.8 Å². The van der Waals surface area contributed by atoms with Crippen LogP contribution in [0.5, 0.6) is 11.5 Å². The molecule has 2 N–H and O–H groups in total. The van der Waals surface area contributed by atoms with E-state index in [0.717, 1.165) is 40.4 Å². The van der Waals surface area contributed by atoms with Crippen molar-refractivity contribution in [1.29, 1.82) is 0 Å². The molecular formula is C24H26N2O3S. The molecule has 0 aliphatic heterocycles. The molecule has 0 aliphatic rings. The smallest absolute Gasteiger partial charge is 0.329 e. The lowest BCUT2D eigenvalue weighted by molar-refractivity contribution is -0.00203. The van der Waals surface area contributed by atoms with E-state index in [9.17, 15) is 4.79 Å². The van der Waals surface area contributed by atoms with Gasteiger partial charge in [-0.15, -0.1) is 0 Å². The van der Waals surface area contributed by atoms with Gasteiger partial charge in [-0.3, -0.25) is 0 Å². The van der Waals surface area contributed by atoms with Gasteiger partial charge in [0.2, 0.25) is 6.29 Å². The van der Waals surface area contributed by atoms with Crippen LogP contribution in [0, 0.1) is 0 Å². The summed E-state index contributed by atoms with van der Waals surface area (Å²) < 4.78 is 13.4. The highest BCUT2D eigenvalue weighted by Crippen LogP contribution is 2.27. The van der Waals surface area contributed by atoms with Crippen LogP contribution in [0.2, 0.25) is 0 Å². The van der Waals surface area contributed by atoms with Gasteiger partial charge in [-0.2, -0.15) is 0 Å². The summed E-state index contributed by atoms with van der Waals surface area (Å²) in [7, 11) is 0. The molecule has 0 heterocycles. The van der Waals surface area contributed by atoms with Crippen molar-refractivity contribution in [2.45, 2.75) is 32.5 Å². The number of carbonyl (C=O) groups is 1. The highest BCUT2D eigenvalue weighted by atomic mass is 32.1. The van der Waals surface area contributed by atoms with Crippen molar-refractivity contribution in [3.8, 4) is 22.6 Å². The van der Waals surface area contributed by atoms with Crippen LogP contribution in [0.1, 0.15) is 26.2 Å². The Bertz CT molecular complexity index is 965. The maximum absolute atomic E-state index is 11.4. The van der Waals surface area contributed by atoms with Gasteiger partial charge < -0.3 is 15.2 Å². The Morgan fingerprint density at radius 1 is 0.933 bits per heavy atom. The van der Waals surface area contributed by atoms with Gasteiger partial charge in [0.25, 0.3) is 0 Å². The predicted molar refractivity (Wildman–Crippen MR) is 124 cm³/mol. The maximum Gasteiger partial charge on any atom is 0.329 e. The van der Waals surface area contributed by atoms with Gasteiger partial charge in [0.05, 0.1) is 5.69 Å². The van der Waals surface area contributed by atoms with Crippen molar-refractivity contribution in [1.82, 2.24) is 0 Å². The second-order valence-electron chi connectivity index (χ2n) is 6.85. The summed E-state index contributed by atoms with van der Waals surface area (Å²) in [6.07, 6.45) is 2.26. The highest BCUT2D eigenvalue weighted by Gasteiger charge is 2.15. The molecule has 0 saturated heterocycles. The van der Waals surface area contributed by atoms with Gasteiger partial charge in [0.15, 0.2) is 0 Å². The molecule has 3 aromatic rings. The lowest BCUT2D eigenvalue weighted by atomic mass is 10.1. The number of unbranched alkanes of at least 4 members (excludes halogenated alkanes) is 1. The van der Waals surface area contributed by atoms with E-state index in [1.807, 2.05) is 42.5 Å². The molecule has 2 amide bonds. The number of ether oxygens (including phenoxy) is 2. The molecule has 0 aromatic heterocycles. The van der Waals surface area contributed by atoms with E-state index in [4.69, 9.17) is 15.2 Å². The number of carbonyl (C=O) groups excluding carboxylic acids is 1. The SMILES string of the molecule is CCCCC(Oc1cccc(-c2ccccc2)c1)Oc1cccc(N(S)C(N)=O)c1. The third-order valence-electron chi connectivity index (χ3n) is 4.54. The first-order chi connectivity index (χ1) is 14.6. The van der Waals surface area contributed by atoms with Crippen molar-refractivity contribution in [3.05, 3.63) is 78.9 Å². The fraction of sp³-hybridized carbons (Fsp3) is 0.208. The van der Waals surface area contributed by atoms with Gasteiger partial charge in [0.1, 0.15) is 11.5 Å². The van der Waals surface area contributed by atoms with Gasteiger partial charge in [-0.25, -0.2) is 9.10 Å². The number of nitrogens with two attached hydrogens (primary N) is 1. The van der Waals surface area contributed by atoms with E-state index < -0.39 is 12.3 Å². The van der Waals surface area contributed by atoms with Crippen LogP contribution < -0.4 is 19.5 Å². The Balaban J connectivity index is 1.77. The second kappa shape index (κ2) is 10.6. The van der Waals surface area contributed by atoms with E-state index in [1.165, 1.54) is 0 Å². The molecule has 0 bridgehead atoms. The van der Waals surface area contributed by atoms with Crippen molar-refractivity contribution in [3.63, 3.8) is 0 Å². The summed E-state index contributed by atoms with van der Waals surface area (Å²) in [4.78, 5) is 11.4. The fourth-order valence-corrected chi connectivity index (χ4v) is 3.14. The van der Waals surface area contributed by atoms with E-state index in [-0.39, 0.29) is 0 Å². The monoisotopic (exact) mass is 422 g/mol. The minimum Gasteiger partial charge on any atom is -0.455 e. The normalized spacial score (nSPS) is 11.5. The van der Waals surface area contributed by atoms with Crippen molar-refractivity contribution in [2.24, 2.45) is 5.73 Å². The van der Waals surface area contributed by atoms with Crippen molar-refractivity contribution in [2.75, 3.05) is 4.31 Å². The van der Waals surface area contributed by atoms with Gasteiger partial charge in [-0.1, -0.05) is 74.7 Å². The minimum absolute atomic E-state index is 0.465. The van der Waals surface area contributed by atoms with Crippen LogP contribution >= 0.6 is 12.8 Å². The van der Waals surface area contributed by atoms with Gasteiger partial charge in [-0.05, 0) is 41.8 Å². The highest BCUT2D eigenvalue weighted by molar-refractivity contribution is 7.82. The number of anilines is 1. The fourth-order valence-electron chi connectivity index (χ4n) is 3.01. The average Bonchev–Trinajstić information content (AvgIpc) is 2.78. The number of hydrogen-bond donors (Lipinski definition) is 2. The Kier molecular flexibility index (Phi) is 7.63. The van der Waals surface area contributed by atoms with E-state index in [2.05, 4.69) is 37.9 Å². The zero-order valence-corrected chi connectivity index (χ0v) is 17.8. The first kappa shape index (κ1) is 21.6. The Hall–Kier alpha value is -3.12. The summed E-state index contributed by atoms with van der Waals surface area (Å²) in [5.74, 6) is 1.31. The summed E-state index contributed by atoms with van der Waals surface area (Å²) in [5.41, 5.74) is 8.03. The Morgan fingerprint density at radius 3 is 2.23 bits per heavy atom. The standard InChI is InChI=1S/C24H26N2O3S/c1-2-3-15-23(29-22-14-8-12-20(17-22)26(30)24(25)27)28-21-13-7-11-19(16-21)18-9-5-4-6-10-18/h4-14,16-17,23,30H,2-3,15H2,1H3,(H2,25,27). The molecule has 0 spiro atoms. The number of benzene rings is 3. The lowest BCUT2D eigenvalue weighted by Gasteiger charge is -2.22. The van der Waals surface area contributed by atoms with Crippen molar-refractivity contribution >= 4 is 24.5 Å². The molecular weight excluding hydrogens is 396 g/mol. The Morgan fingerprint density at radius 2 is 1.57 bits per heavy atom. The van der Waals surface area contributed by atoms with Crippen LogP contribution in [0.4, 0.5) is 10.5 Å². The van der Waals surface area contributed by atoms with Crippen LogP contribution in [-0.4, -0.2) is 12.3 Å². The first-order valence-electron chi connectivity index (χ1n) is 9.94. The summed E-state index contributed by atoms with van der Waals surface area (Å²) in [6, 6.07) is 24.5. The molecule has 0 aliphatic carbocycles. The molecule has 5 nitrogen and oxygen atoms in total. The van der Waals surface area contributed by atoms with Gasteiger partial charge >= 0.3 is 6.03 Å². The molecule has 156 valence electrons. The number of hydrogen-bond acceptors (Lipinski definition) is 4. The van der Waals surface area contributed by atoms with E-state index in [1.54, 1.807) is 18.2 Å². The minimum atomic E-state index is -0.660. The summed E-state index contributed by atoms with van der Waals surface area (Å²) >= 11 is 4.11. The molecule has 0 saturated carbocycles. The van der Waals surface area contributed by atoms with E-state index in [0.29, 0.717) is 11.4 Å². The van der Waals surface area contributed by atoms with Crippen molar-refractivity contribution < 1.29 is 14.3 Å². The molecule has 3 rings (SSSR count). The number of amides is 2. The number of rotatable bonds is 9. The lowest BCUT2D eigenvalue weighted by Crippen LogP contribution is -2.27. The molecule has 6 heteroatoms. The zero-order chi connectivity index (χ0) is 21.3. The van der Waals surface area contributed by atoms with Crippen LogP contribution in [0.15, 0.2) is 78.9 Å². The van der Waals surface area contributed by atoms with E-state index >= 15 is 0 Å². The number of urea groups is 1. The van der Waals surface area contributed by atoms with Crippen LogP contribution in [-0.2, 0) is 0 Å². The third kappa shape index (κ3) is 5.94. The first-order valence-corrected chi connectivity index (χ1v) is 10.3. The largest absolute Gasteiger partial charge is 0.455 e. The second-order valence-corrected chi connectivity index (χ2v) is 7.25. The average molecular weight is 423 g/mol. The molecule has 30 heavy (non-hydrogen) atoms. The number of primary amides is 1. The molecule has 0 fully saturated rings. The molecule has 1 atom stereocenters. The summed E-state index contributed by atoms with van der Waals surface area (Å²) in [6.45, 7) is 2.12. The van der Waals surface area contributed by atoms with Crippen LogP contribution in [0.25, 0.3) is 11.1 Å². The number of thiol groups is 1.